The molecule has 3 nitrogen and oxygen atoms in total. The van der Waals surface area contributed by atoms with Gasteiger partial charge in [0, 0.05) is 6.54 Å². The lowest BCUT2D eigenvalue weighted by atomic mass is 10.1. The molecule has 18 heavy (non-hydrogen) atoms. The molecule has 1 heterocycles. The van der Waals surface area contributed by atoms with Crippen LogP contribution in [-0.2, 0) is 11.3 Å². The Labute approximate surface area is 105 Å². The van der Waals surface area contributed by atoms with Crippen LogP contribution in [0.4, 0.5) is 8.78 Å². The number of aliphatic hydroxyl groups is 1. The van der Waals surface area contributed by atoms with E-state index < -0.39 is 24.8 Å². The van der Waals surface area contributed by atoms with Gasteiger partial charge in [-0.25, -0.2) is 0 Å². The molecule has 1 N–H and O–H groups in total. The van der Waals surface area contributed by atoms with E-state index in [2.05, 4.69) is 4.74 Å². The second-order valence-electron chi connectivity index (χ2n) is 4.60. The van der Waals surface area contributed by atoms with E-state index in [1.807, 2.05) is 30.3 Å². The first-order valence-electron chi connectivity index (χ1n) is 5.96. The first-order chi connectivity index (χ1) is 8.52. The third-order valence-corrected chi connectivity index (χ3v) is 3.17. The van der Waals surface area contributed by atoms with E-state index in [1.54, 1.807) is 11.8 Å². The molecule has 1 aliphatic rings. The second-order valence-corrected chi connectivity index (χ2v) is 4.60. The van der Waals surface area contributed by atoms with Gasteiger partial charge in [-0.3, -0.25) is 4.90 Å². The van der Waals surface area contributed by atoms with E-state index in [-0.39, 0.29) is 6.61 Å². The Hall–Kier alpha value is -1.04. The van der Waals surface area contributed by atoms with Gasteiger partial charge < -0.3 is 9.84 Å². The summed E-state index contributed by atoms with van der Waals surface area (Å²) >= 11 is 0. The van der Waals surface area contributed by atoms with Crippen molar-refractivity contribution in [1.82, 2.24) is 4.90 Å². The van der Waals surface area contributed by atoms with Crippen molar-refractivity contribution in [2.75, 3.05) is 13.2 Å². The van der Waals surface area contributed by atoms with Crippen molar-refractivity contribution < 1.29 is 18.6 Å². The molecule has 0 spiro atoms. The molecule has 0 unspecified atom stereocenters. The fourth-order valence-corrected chi connectivity index (χ4v) is 2.29. The van der Waals surface area contributed by atoms with Gasteiger partial charge in [0.15, 0.2) is 0 Å². The predicted molar refractivity (Wildman–Crippen MR) is 63.2 cm³/mol. The molecule has 1 fully saturated rings. The van der Waals surface area contributed by atoms with Gasteiger partial charge >= 0.3 is 6.11 Å². The van der Waals surface area contributed by atoms with Gasteiger partial charge in [0.1, 0.15) is 0 Å². The summed E-state index contributed by atoms with van der Waals surface area (Å²) in [5, 5.41) is 9.31. The van der Waals surface area contributed by atoms with E-state index in [0.29, 0.717) is 6.54 Å². The molecule has 2 atom stereocenters. The van der Waals surface area contributed by atoms with Gasteiger partial charge in [-0.05, 0) is 12.5 Å². The summed E-state index contributed by atoms with van der Waals surface area (Å²) in [5.74, 6) is 0. The number of morpholine rings is 1. The summed E-state index contributed by atoms with van der Waals surface area (Å²) in [6.07, 6.45) is -3.85. The van der Waals surface area contributed by atoms with Crippen LogP contribution in [-0.4, -0.2) is 41.4 Å². The maximum Gasteiger partial charge on any atom is 0.368 e. The van der Waals surface area contributed by atoms with Crippen molar-refractivity contribution in [3.05, 3.63) is 35.9 Å². The van der Waals surface area contributed by atoms with E-state index >= 15 is 0 Å². The average molecular weight is 257 g/mol. The Morgan fingerprint density at radius 2 is 2.06 bits per heavy atom. The maximum absolute atomic E-state index is 13.4. The molecule has 100 valence electrons. The molecule has 0 amide bonds. The zero-order valence-corrected chi connectivity index (χ0v) is 10.2. The molecule has 1 aromatic rings. The number of hydrogen-bond acceptors (Lipinski definition) is 3. The number of hydrogen-bond donors (Lipinski definition) is 1. The third kappa shape index (κ3) is 3.04. The normalized spacial score (nSPS) is 28.2. The van der Waals surface area contributed by atoms with Gasteiger partial charge in [0.2, 0.25) is 0 Å². The van der Waals surface area contributed by atoms with Gasteiger partial charge in [0.05, 0.1) is 25.3 Å². The quantitative estimate of drug-likeness (QED) is 0.897. The van der Waals surface area contributed by atoms with Crippen molar-refractivity contribution >= 4 is 0 Å². The highest BCUT2D eigenvalue weighted by Gasteiger charge is 2.44. The number of aliphatic hydroxyl groups excluding tert-OH is 1. The Morgan fingerprint density at radius 1 is 1.39 bits per heavy atom. The predicted octanol–water partition coefficient (Wildman–Crippen LogP) is 1.86. The fourth-order valence-electron chi connectivity index (χ4n) is 2.29. The number of ether oxygens (including phenoxy) is 1. The summed E-state index contributed by atoms with van der Waals surface area (Å²) in [5.41, 5.74) is 0.945. The Balaban J connectivity index is 2.12. The smallest absolute Gasteiger partial charge is 0.368 e. The van der Waals surface area contributed by atoms with Crippen LogP contribution in [0.5, 0.6) is 0 Å². The molecule has 1 aliphatic heterocycles. The first kappa shape index (κ1) is 13.4. The zero-order chi connectivity index (χ0) is 13.2. The molecule has 2 rings (SSSR count). The van der Waals surface area contributed by atoms with Crippen molar-refractivity contribution in [1.29, 1.82) is 0 Å². The van der Waals surface area contributed by atoms with Crippen molar-refractivity contribution in [2.45, 2.75) is 31.7 Å². The Kier molecular flexibility index (Phi) is 3.94. The Bertz CT molecular complexity index is 386. The number of halogens is 2. The highest BCUT2D eigenvalue weighted by Crippen LogP contribution is 2.29. The van der Waals surface area contributed by atoms with Crippen LogP contribution >= 0.6 is 0 Å². The molecule has 0 aliphatic carbocycles. The van der Waals surface area contributed by atoms with Crippen LogP contribution < -0.4 is 0 Å². The molecule has 1 saturated heterocycles. The zero-order valence-electron chi connectivity index (χ0n) is 10.2. The van der Waals surface area contributed by atoms with E-state index in [9.17, 15) is 13.9 Å². The highest BCUT2D eigenvalue weighted by atomic mass is 19.3. The van der Waals surface area contributed by atoms with Crippen molar-refractivity contribution in [3.8, 4) is 0 Å². The molecule has 5 heteroatoms. The number of alkyl halides is 2. The number of rotatable bonds is 3. The van der Waals surface area contributed by atoms with Crippen LogP contribution in [0.15, 0.2) is 30.3 Å². The summed E-state index contributed by atoms with van der Waals surface area (Å²) in [6.45, 7) is 1.27. The van der Waals surface area contributed by atoms with Crippen LogP contribution in [0, 0.1) is 0 Å². The number of benzene rings is 1. The second kappa shape index (κ2) is 5.30. The molecule has 1 aromatic carbocycles. The SMILES string of the molecule is C[C@@H]1OC(F)(F)CN(Cc2ccccc2)[C@@H]1CO. The maximum atomic E-state index is 13.4. The van der Waals surface area contributed by atoms with Crippen LogP contribution in [0.1, 0.15) is 12.5 Å². The monoisotopic (exact) mass is 257 g/mol. The molecule has 0 aromatic heterocycles. The lowest BCUT2D eigenvalue weighted by molar-refractivity contribution is -0.309. The highest BCUT2D eigenvalue weighted by molar-refractivity contribution is 5.14. The largest absolute Gasteiger partial charge is 0.395 e. The van der Waals surface area contributed by atoms with Gasteiger partial charge in [-0.2, -0.15) is 8.78 Å². The standard InChI is InChI=1S/C13H17F2NO2/c1-10-12(8-17)16(9-13(14,15)18-10)7-11-5-3-2-4-6-11/h2-6,10,12,17H,7-9H2,1H3/t10-,12+/m0/s1. The number of nitrogens with zero attached hydrogens (tertiary/aromatic N) is 1. The average Bonchev–Trinajstić information content (AvgIpc) is 2.28. The topological polar surface area (TPSA) is 32.7 Å². The lowest BCUT2D eigenvalue weighted by Crippen LogP contribution is -2.57. The molecule has 0 bridgehead atoms. The third-order valence-electron chi connectivity index (χ3n) is 3.17. The summed E-state index contributed by atoms with van der Waals surface area (Å²) in [7, 11) is 0. The summed E-state index contributed by atoms with van der Waals surface area (Å²) in [6, 6.07) is 8.98. The van der Waals surface area contributed by atoms with Crippen LogP contribution in [0.25, 0.3) is 0 Å². The summed E-state index contributed by atoms with van der Waals surface area (Å²) in [4.78, 5) is 1.57. The van der Waals surface area contributed by atoms with Crippen molar-refractivity contribution in [2.24, 2.45) is 0 Å². The van der Waals surface area contributed by atoms with Crippen molar-refractivity contribution in [3.63, 3.8) is 0 Å². The lowest BCUT2D eigenvalue weighted by Gasteiger charge is -2.42. The van der Waals surface area contributed by atoms with Crippen LogP contribution in [0.2, 0.25) is 0 Å². The fraction of sp³-hybridized carbons (Fsp3) is 0.538. The van der Waals surface area contributed by atoms with Gasteiger partial charge in [0.25, 0.3) is 0 Å². The summed E-state index contributed by atoms with van der Waals surface area (Å²) < 4.78 is 31.4. The molecular weight excluding hydrogens is 240 g/mol. The van der Waals surface area contributed by atoms with E-state index in [0.717, 1.165) is 5.56 Å². The van der Waals surface area contributed by atoms with Gasteiger partial charge in [-0.1, -0.05) is 30.3 Å². The van der Waals surface area contributed by atoms with Crippen LogP contribution in [0.3, 0.4) is 0 Å². The van der Waals surface area contributed by atoms with Gasteiger partial charge in [-0.15, -0.1) is 0 Å². The van der Waals surface area contributed by atoms with E-state index in [1.165, 1.54) is 0 Å². The van der Waals surface area contributed by atoms with E-state index in [4.69, 9.17) is 0 Å². The molecule has 0 radical (unpaired) electrons. The minimum atomic E-state index is -3.15. The first-order valence-corrected chi connectivity index (χ1v) is 5.96. The minimum absolute atomic E-state index is 0.190. The Morgan fingerprint density at radius 3 is 2.67 bits per heavy atom. The molecule has 0 saturated carbocycles. The molecular formula is C13H17F2NO2. The minimum Gasteiger partial charge on any atom is -0.395 e.